The molecule has 0 fully saturated rings. The molecule has 28 heavy (non-hydrogen) atoms. The van der Waals surface area contributed by atoms with Gasteiger partial charge < -0.3 is 20.5 Å². The van der Waals surface area contributed by atoms with Crippen molar-refractivity contribution in [1.82, 2.24) is 0 Å². The van der Waals surface area contributed by atoms with E-state index in [1.807, 2.05) is 6.92 Å². The molecule has 1 aromatic carbocycles. The maximum absolute atomic E-state index is 12.2. The Kier molecular flexibility index (Phi) is 6.30. The van der Waals surface area contributed by atoms with Gasteiger partial charge in [0, 0.05) is 4.88 Å². The third-order valence-corrected chi connectivity index (χ3v) is 5.53. The summed E-state index contributed by atoms with van der Waals surface area (Å²) >= 11 is 1.36. The van der Waals surface area contributed by atoms with Crippen LogP contribution in [0.15, 0.2) is 24.3 Å². The summed E-state index contributed by atoms with van der Waals surface area (Å²) in [6.07, 6.45) is 3.54. The van der Waals surface area contributed by atoms with Gasteiger partial charge in [-0.2, -0.15) is 0 Å². The number of aryl methyl sites for hydroxylation is 1. The van der Waals surface area contributed by atoms with E-state index < -0.39 is 24.4 Å². The van der Waals surface area contributed by atoms with Crippen molar-refractivity contribution >= 4 is 34.1 Å². The standard InChI is InChI=1S/C20H22N2O5S/c1-2-10-26-13-8-6-12(7-9-13)20(25)27-11-16(23)22-19-17(18(21)24)14-4-3-5-15(14)28-19/h6-9H,2-5,10-11H2,1H3,(H2,21,24)(H,22,23). The number of esters is 1. The molecule has 0 unspecified atom stereocenters. The molecule has 3 N–H and O–H groups in total. The maximum Gasteiger partial charge on any atom is 0.338 e. The number of carbonyl (C=O) groups excluding carboxylic acids is 3. The van der Waals surface area contributed by atoms with E-state index in [9.17, 15) is 14.4 Å². The molecule has 0 aliphatic heterocycles. The van der Waals surface area contributed by atoms with Crippen LogP contribution in [0.3, 0.4) is 0 Å². The first-order valence-corrected chi connectivity index (χ1v) is 9.95. The van der Waals surface area contributed by atoms with Gasteiger partial charge in [-0.05, 0) is 55.5 Å². The second-order valence-electron chi connectivity index (χ2n) is 6.42. The number of benzene rings is 1. The second kappa shape index (κ2) is 8.88. The highest BCUT2D eigenvalue weighted by Gasteiger charge is 2.26. The molecular weight excluding hydrogens is 380 g/mol. The molecule has 0 spiro atoms. The van der Waals surface area contributed by atoms with Crippen molar-refractivity contribution in [2.75, 3.05) is 18.5 Å². The molecule has 148 valence electrons. The lowest BCUT2D eigenvalue weighted by atomic mass is 10.1. The lowest BCUT2D eigenvalue weighted by Crippen LogP contribution is -2.22. The van der Waals surface area contributed by atoms with Gasteiger partial charge in [0.05, 0.1) is 17.7 Å². The van der Waals surface area contributed by atoms with E-state index in [4.69, 9.17) is 15.2 Å². The van der Waals surface area contributed by atoms with Gasteiger partial charge >= 0.3 is 5.97 Å². The Balaban J connectivity index is 1.56. The highest BCUT2D eigenvalue weighted by molar-refractivity contribution is 7.17. The van der Waals surface area contributed by atoms with Crippen LogP contribution in [0.1, 0.15) is 50.9 Å². The first-order valence-electron chi connectivity index (χ1n) is 9.13. The van der Waals surface area contributed by atoms with E-state index in [0.717, 1.165) is 36.1 Å². The molecule has 8 heteroatoms. The quantitative estimate of drug-likeness (QED) is 0.660. The van der Waals surface area contributed by atoms with Gasteiger partial charge in [-0.15, -0.1) is 11.3 Å². The molecule has 0 saturated heterocycles. The van der Waals surface area contributed by atoms with Crippen LogP contribution in [0.5, 0.6) is 5.75 Å². The second-order valence-corrected chi connectivity index (χ2v) is 7.53. The summed E-state index contributed by atoms with van der Waals surface area (Å²) < 4.78 is 10.5. The number of primary amides is 1. The fraction of sp³-hybridized carbons (Fsp3) is 0.350. The van der Waals surface area contributed by atoms with Crippen molar-refractivity contribution in [2.24, 2.45) is 5.73 Å². The van der Waals surface area contributed by atoms with E-state index in [-0.39, 0.29) is 0 Å². The Labute approximate surface area is 166 Å². The van der Waals surface area contributed by atoms with Crippen LogP contribution >= 0.6 is 11.3 Å². The number of ether oxygens (including phenoxy) is 2. The van der Waals surface area contributed by atoms with Crippen LogP contribution < -0.4 is 15.8 Å². The van der Waals surface area contributed by atoms with Crippen molar-refractivity contribution in [3.63, 3.8) is 0 Å². The predicted octanol–water partition coefficient (Wildman–Crippen LogP) is 2.92. The topological polar surface area (TPSA) is 108 Å². The van der Waals surface area contributed by atoms with Gasteiger partial charge in [-0.1, -0.05) is 6.92 Å². The minimum absolute atomic E-state index is 0.324. The molecule has 1 aliphatic carbocycles. The number of hydrogen-bond donors (Lipinski definition) is 2. The molecule has 0 bridgehead atoms. The number of rotatable bonds is 8. The van der Waals surface area contributed by atoms with Crippen LogP contribution in [0.25, 0.3) is 0 Å². The van der Waals surface area contributed by atoms with Crippen molar-refractivity contribution in [3.8, 4) is 5.75 Å². The number of amides is 2. The van der Waals surface area contributed by atoms with E-state index in [0.29, 0.717) is 28.5 Å². The summed E-state index contributed by atoms with van der Waals surface area (Å²) in [5, 5.41) is 3.07. The van der Waals surface area contributed by atoms with Crippen LogP contribution in [0.2, 0.25) is 0 Å². The minimum Gasteiger partial charge on any atom is -0.494 e. The summed E-state index contributed by atoms with van der Waals surface area (Å²) in [6.45, 7) is 2.16. The molecule has 3 rings (SSSR count). The largest absolute Gasteiger partial charge is 0.494 e. The monoisotopic (exact) mass is 402 g/mol. The molecule has 0 atom stereocenters. The van der Waals surface area contributed by atoms with E-state index in [1.54, 1.807) is 24.3 Å². The summed E-state index contributed by atoms with van der Waals surface area (Å²) in [5.41, 5.74) is 7.09. The third kappa shape index (κ3) is 4.51. The zero-order valence-corrected chi connectivity index (χ0v) is 16.4. The van der Waals surface area contributed by atoms with Crippen LogP contribution in [0.4, 0.5) is 5.00 Å². The van der Waals surface area contributed by atoms with E-state index in [1.165, 1.54) is 11.3 Å². The summed E-state index contributed by atoms with van der Waals surface area (Å²) in [5.74, 6) is -1.02. The Morgan fingerprint density at radius 3 is 2.61 bits per heavy atom. The third-order valence-electron chi connectivity index (χ3n) is 4.32. The van der Waals surface area contributed by atoms with Gasteiger partial charge in [-0.25, -0.2) is 4.79 Å². The Morgan fingerprint density at radius 1 is 1.18 bits per heavy atom. The Morgan fingerprint density at radius 2 is 1.93 bits per heavy atom. The van der Waals surface area contributed by atoms with Gasteiger partial charge in [0.15, 0.2) is 6.61 Å². The van der Waals surface area contributed by atoms with E-state index >= 15 is 0 Å². The molecule has 2 amide bonds. The lowest BCUT2D eigenvalue weighted by molar-refractivity contribution is -0.119. The minimum atomic E-state index is -0.610. The molecule has 0 radical (unpaired) electrons. The number of anilines is 1. The summed E-state index contributed by atoms with van der Waals surface area (Å²) in [6, 6.07) is 6.53. The van der Waals surface area contributed by atoms with Crippen molar-refractivity contribution < 1.29 is 23.9 Å². The Hall–Kier alpha value is -2.87. The number of hydrogen-bond acceptors (Lipinski definition) is 6. The van der Waals surface area contributed by atoms with Gasteiger partial charge in [0.25, 0.3) is 11.8 Å². The fourth-order valence-electron chi connectivity index (χ4n) is 3.04. The average molecular weight is 402 g/mol. The Bertz CT molecular complexity index is 889. The molecule has 1 aromatic heterocycles. The van der Waals surface area contributed by atoms with Crippen LogP contribution in [-0.2, 0) is 22.4 Å². The van der Waals surface area contributed by atoms with Crippen molar-refractivity contribution in [2.45, 2.75) is 32.6 Å². The fourth-order valence-corrected chi connectivity index (χ4v) is 4.35. The number of nitrogens with one attached hydrogen (secondary N) is 1. The van der Waals surface area contributed by atoms with E-state index in [2.05, 4.69) is 5.32 Å². The molecule has 7 nitrogen and oxygen atoms in total. The highest BCUT2D eigenvalue weighted by Crippen LogP contribution is 2.38. The molecule has 0 saturated carbocycles. The maximum atomic E-state index is 12.2. The zero-order valence-electron chi connectivity index (χ0n) is 15.6. The number of nitrogens with two attached hydrogens (primary N) is 1. The lowest BCUT2D eigenvalue weighted by Gasteiger charge is -2.08. The molecule has 1 heterocycles. The first-order chi connectivity index (χ1) is 13.5. The molecule has 2 aromatic rings. The predicted molar refractivity (Wildman–Crippen MR) is 106 cm³/mol. The number of thiophene rings is 1. The number of carbonyl (C=O) groups is 3. The summed E-state index contributed by atoms with van der Waals surface area (Å²) in [4.78, 5) is 37.1. The normalized spacial score (nSPS) is 12.3. The van der Waals surface area contributed by atoms with Crippen LogP contribution in [0, 0.1) is 0 Å². The SMILES string of the molecule is CCCOc1ccc(C(=O)OCC(=O)Nc2sc3c(c2C(N)=O)CCC3)cc1. The van der Waals surface area contributed by atoms with Crippen LogP contribution in [-0.4, -0.2) is 31.0 Å². The van der Waals surface area contributed by atoms with Crippen molar-refractivity contribution in [1.29, 1.82) is 0 Å². The molecule has 1 aliphatic rings. The average Bonchev–Trinajstić information content (AvgIpc) is 3.25. The van der Waals surface area contributed by atoms with Gasteiger partial charge in [-0.3, -0.25) is 9.59 Å². The first kappa shape index (κ1) is 19.9. The zero-order chi connectivity index (χ0) is 20.1. The van der Waals surface area contributed by atoms with Gasteiger partial charge in [0.1, 0.15) is 10.8 Å². The smallest absolute Gasteiger partial charge is 0.338 e. The van der Waals surface area contributed by atoms with Gasteiger partial charge in [0.2, 0.25) is 0 Å². The molecular formula is C20H22N2O5S. The number of fused-ring (bicyclic) bond motifs is 1. The highest BCUT2D eigenvalue weighted by atomic mass is 32.1. The van der Waals surface area contributed by atoms with Crippen molar-refractivity contribution in [3.05, 3.63) is 45.8 Å². The summed E-state index contributed by atoms with van der Waals surface area (Å²) in [7, 11) is 0.